The first-order chi connectivity index (χ1) is 6.65. The molecule has 0 aromatic carbocycles. The molecule has 0 fully saturated rings. The van der Waals surface area contributed by atoms with E-state index < -0.39 is 0 Å². The fraction of sp³-hybridized carbons (Fsp3) is 0.600. The average Bonchev–Trinajstić information content (AvgIpc) is 2.60. The van der Waals surface area contributed by atoms with Crippen molar-refractivity contribution in [2.45, 2.75) is 19.4 Å². The summed E-state index contributed by atoms with van der Waals surface area (Å²) in [5.74, 6) is 0.237. The van der Waals surface area contributed by atoms with Gasteiger partial charge >= 0.3 is 0 Å². The van der Waals surface area contributed by atoms with Gasteiger partial charge in [-0.05, 0) is 34.3 Å². The second-order valence-electron chi connectivity index (χ2n) is 3.37. The molecule has 1 aromatic rings. The van der Waals surface area contributed by atoms with Gasteiger partial charge < -0.3 is 9.84 Å². The first-order valence-electron chi connectivity index (χ1n) is 4.56. The molecule has 1 rings (SSSR count). The fourth-order valence-corrected chi connectivity index (χ4v) is 2.79. The Kier molecular flexibility index (Phi) is 5.09. The molecule has 1 heterocycles. The molecule has 1 N–H and O–H groups in total. The Morgan fingerprint density at radius 1 is 1.64 bits per heavy atom. The third kappa shape index (κ3) is 3.35. The average molecular weight is 279 g/mol. The third-order valence-electron chi connectivity index (χ3n) is 2.20. The van der Waals surface area contributed by atoms with Crippen LogP contribution in [0.25, 0.3) is 0 Å². The van der Waals surface area contributed by atoms with Crippen LogP contribution in [-0.4, -0.2) is 18.8 Å². The van der Waals surface area contributed by atoms with Crippen molar-refractivity contribution in [1.82, 2.24) is 0 Å². The Bertz CT molecular complexity index is 275. The van der Waals surface area contributed by atoms with E-state index in [9.17, 15) is 5.11 Å². The molecule has 1 aromatic heterocycles. The molecular weight excluding hydrogens is 264 g/mol. The van der Waals surface area contributed by atoms with Crippen molar-refractivity contribution in [3.8, 4) is 0 Å². The number of halogens is 1. The number of hydrogen-bond donors (Lipinski definition) is 1. The van der Waals surface area contributed by atoms with Crippen molar-refractivity contribution in [3.63, 3.8) is 0 Å². The Labute approximate surface area is 97.0 Å². The van der Waals surface area contributed by atoms with Gasteiger partial charge in [0.1, 0.15) is 0 Å². The van der Waals surface area contributed by atoms with Crippen molar-refractivity contribution in [2.24, 2.45) is 5.92 Å². The molecule has 0 saturated heterocycles. The summed E-state index contributed by atoms with van der Waals surface area (Å²) in [5.41, 5.74) is 0. The Morgan fingerprint density at radius 3 is 2.86 bits per heavy atom. The fourth-order valence-electron chi connectivity index (χ4n) is 1.23. The first kappa shape index (κ1) is 12.2. The van der Waals surface area contributed by atoms with Gasteiger partial charge in [-0.3, -0.25) is 0 Å². The number of rotatable bonds is 5. The van der Waals surface area contributed by atoms with Crippen molar-refractivity contribution >= 4 is 27.3 Å². The van der Waals surface area contributed by atoms with Crippen LogP contribution >= 0.6 is 27.3 Å². The minimum absolute atomic E-state index is 0.237. The zero-order valence-electron chi connectivity index (χ0n) is 8.37. The van der Waals surface area contributed by atoms with Gasteiger partial charge in [0.05, 0.1) is 6.10 Å². The predicted octanol–water partition coefficient (Wildman–Crippen LogP) is 3.22. The minimum Gasteiger partial charge on any atom is -0.387 e. The highest BCUT2D eigenvalue weighted by Gasteiger charge is 2.17. The van der Waals surface area contributed by atoms with Crippen LogP contribution in [-0.2, 0) is 4.74 Å². The smallest absolute Gasteiger partial charge is 0.0908 e. The summed E-state index contributed by atoms with van der Waals surface area (Å²) in [4.78, 5) is 1.01. The third-order valence-corrected chi connectivity index (χ3v) is 3.96. The molecule has 0 saturated carbocycles. The molecule has 2 unspecified atom stereocenters. The lowest BCUT2D eigenvalue weighted by atomic mass is 10.0. The van der Waals surface area contributed by atoms with Crippen molar-refractivity contribution in [2.75, 3.05) is 13.7 Å². The summed E-state index contributed by atoms with van der Waals surface area (Å²) >= 11 is 4.96. The predicted molar refractivity (Wildman–Crippen MR) is 62.6 cm³/mol. The first-order valence-corrected chi connectivity index (χ1v) is 6.23. The van der Waals surface area contributed by atoms with Gasteiger partial charge in [0.15, 0.2) is 0 Å². The SMILES string of the molecule is COCCC(C)C(O)c1cc(Br)cs1. The summed E-state index contributed by atoms with van der Waals surface area (Å²) in [6, 6.07) is 1.97. The zero-order valence-corrected chi connectivity index (χ0v) is 10.8. The maximum atomic E-state index is 9.96. The van der Waals surface area contributed by atoms with Gasteiger partial charge in [-0.15, -0.1) is 11.3 Å². The van der Waals surface area contributed by atoms with E-state index in [1.807, 2.05) is 18.4 Å². The molecule has 4 heteroatoms. The number of aliphatic hydroxyl groups is 1. The van der Waals surface area contributed by atoms with Crippen LogP contribution in [0.2, 0.25) is 0 Å². The standard InChI is InChI=1S/C10H15BrO2S/c1-7(3-4-13-2)10(12)9-5-8(11)6-14-9/h5-7,10,12H,3-4H2,1-2H3. The lowest BCUT2D eigenvalue weighted by Crippen LogP contribution is -2.10. The van der Waals surface area contributed by atoms with Gasteiger partial charge in [0.2, 0.25) is 0 Å². The van der Waals surface area contributed by atoms with Crippen LogP contribution in [0.1, 0.15) is 24.3 Å². The van der Waals surface area contributed by atoms with Crippen LogP contribution < -0.4 is 0 Å². The molecule has 2 atom stereocenters. The van der Waals surface area contributed by atoms with Gasteiger partial charge in [-0.2, -0.15) is 0 Å². The summed E-state index contributed by atoms with van der Waals surface area (Å²) < 4.78 is 6.02. The lowest BCUT2D eigenvalue weighted by Gasteiger charge is -2.16. The minimum atomic E-state index is -0.374. The number of hydrogen-bond acceptors (Lipinski definition) is 3. The molecule has 0 amide bonds. The summed E-state index contributed by atoms with van der Waals surface area (Å²) in [6.45, 7) is 2.74. The van der Waals surface area contributed by atoms with E-state index in [4.69, 9.17) is 4.74 Å². The summed E-state index contributed by atoms with van der Waals surface area (Å²) in [6.07, 6.45) is 0.508. The van der Waals surface area contributed by atoms with E-state index in [0.717, 1.165) is 15.8 Å². The zero-order chi connectivity index (χ0) is 10.6. The van der Waals surface area contributed by atoms with Crippen LogP contribution in [0.5, 0.6) is 0 Å². The maximum Gasteiger partial charge on any atom is 0.0908 e. The highest BCUT2D eigenvalue weighted by molar-refractivity contribution is 9.10. The van der Waals surface area contributed by atoms with Gasteiger partial charge in [0, 0.05) is 28.4 Å². The molecule has 0 aliphatic heterocycles. The van der Waals surface area contributed by atoms with Crippen LogP contribution in [0.3, 0.4) is 0 Å². The van der Waals surface area contributed by atoms with E-state index in [0.29, 0.717) is 6.61 Å². The molecular formula is C10H15BrO2S. The highest BCUT2D eigenvalue weighted by atomic mass is 79.9. The molecule has 2 nitrogen and oxygen atoms in total. The number of ether oxygens (including phenoxy) is 1. The van der Waals surface area contributed by atoms with E-state index in [-0.39, 0.29) is 12.0 Å². The Hall–Kier alpha value is 0.1000. The van der Waals surface area contributed by atoms with E-state index in [2.05, 4.69) is 15.9 Å². The Balaban J connectivity index is 2.51. The largest absolute Gasteiger partial charge is 0.387 e. The normalized spacial score (nSPS) is 15.4. The van der Waals surface area contributed by atoms with Gasteiger partial charge in [-0.1, -0.05) is 6.92 Å². The van der Waals surface area contributed by atoms with Crippen molar-refractivity contribution in [1.29, 1.82) is 0 Å². The lowest BCUT2D eigenvalue weighted by molar-refractivity contribution is 0.0911. The van der Waals surface area contributed by atoms with E-state index in [1.165, 1.54) is 0 Å². The molecule has 0 bridgehead atoms. The molecule has 0 aliphatic carbocycles. The molecule has 0 aliphatic rings. The van der Waals surface area contributed by atoms with Gasteiger partial charge in [-0.25, -0.2) is 0 Å². The number of methoxy groups -OCH3 is 1. The van der Waals surface area contributed by atoms with Crippen LogP contribution in [0, 0.1) is 5.92 Å². The van der Waals surface area contributed by atoms with E-state index >= 15 is 0 Å². The quantitative estimate of drug-likeness (QED) is 0.896. The summed E-state index contributed by atoms with van der Waals surface area (Å²) in [5, 5.41) is 12.0. The van der Waals surface area contributed by atoms with Crippen LogP contribution in [0.4, 0.5) is 0 Å². The van der Waals surface area contributed by atoms with Gasteiger partial charge in [0.25, 0.3) is 0 Å². The molecule has 0 radical (unpaired) electrons. The maximum absolute atomic E-state index is 9.96. The monoisotopic (exact) mass is 278 g/mol. The molecule has 80 valence electrons. The second-order valence-corrected chi connectivity index (χ2v) is 5.23. The molecule has 0 spiro atoms. The van der Waals surface area contributed by atoms with Crippen molar-refractivity contribution < 1.29 is 9.84 Å². The number of thiophene rings is 1. The summed E-state index contributed by atoms with van der Waals surface area (Å²) in [7, 11) is 1.68. The Morgan fingerprint density at radius 2 is 2.36 bits per heavy atom. The van der Waals surface area contributed by atoms with Crippen molar-refractivity contribution in [3.05, 3.63) is 20.8 Å². The van der Waals surface area contributed by atoms with E-state index in [1.54, 1.807) is 18.4 Å². The second kappa shape index (κ2) is 5.85. The number of aliphatic hydroxyl groups excluding tert-OH is 1. The van der Waals surface area contributed by atoms with Crippen LogP contribution in [0.15, 0.2) is 15.9 Å². The topological polar surface area (TPSA) is 29.5 Å². The molecule has 14 heavy (non-hydrogen) atoms. The highest BCUT2D eigenvalue weighted by Crippen LogP contribution is 2.31.